The highest BCUT2D eigenvalue weighted by molar-refractivity contribution is 8.01. The maximum atomic E-state index is 13.4. The Hall–Kier alpha value is -3.01. The summed E-state index contributed by atoms with van der Waals surface area (Å²) < 4.78 is 8.19. The molecule has 144 valence electrons. The lowest BCUT2D eigenvalue weighted by Crippen LogP contribution is -2.06. The number of carbonyl (C=O) groups excluding carboxylic acids is 2. The maximum absolute atomic E-state index is 13.4. The van der Waals surface area contributed by atoms with Crippen molar-refractivity contribution in [2.75, 3.05) is 12.4 Å². The third-order valence-corrected chi connectivity index (χ3v) is 6.81. The minimum absolute atomic E-state index is 0.116. The highest BCUT2D eigenvalue weighted by Crippen LogP contribution is 2.43. The molecule has 0 aliphatic carbocycles. The van der Waals surface area contributed by atoms with Gasteiger partial charge in [0.15, 0.2) is 0 Å². The Morgan fingerprint density at radius 2 is 1.93 bits per heavy atom. The molecule has 1 aromatic carbocycles. The zero-order valence-electron chi connectivity index (χ0n) is 15.7. The molecule has 0 N–H and O–H groups in total. The molecule has 0 unspecified atom stereocenters. The summed E-state index contributed by atoms with van der Waals surface area (Å²) in [5, 5.41) is 0.632. The smallest absolute Gasteiger partial charge is 0.341 e. The number of ether oxygens (including phenoxy) is 1. The lowest BCUT2D eigenvalue weighted by molar-refractivity contribution is 0.0531. The van der Waals surface area contributed by atoms with E-state index in [1.807, 2.05) is 47.0 Å². The Bertz CT molecular complexity index is 1260. The number of rotatable bonds is 6. The summed E-state index contributed by atoms with van der Waals surface area (Å²) >= 11 is 2.87. The first-order chi connectivity index (χ1) is 14.2. The molecule has 0 spiro atoms. The lowest BCUT2D eigenvalue weighted by atomic mass is 10.1. The molecule has 0 fully saturated rings. The predicted octanol–water partition coefficient (Wildman–Crippen LogP) is 5.29. The molecule has 3 aromatic heterocycles. The van der Waals surface area contributed by atoms with Crippen LogP contribution in [0.4, 0.5) is 0 Å². The molecule has 4 rings (SSSR count). The van der Waals surface area contributed by atoms with E-state index in [9.17, 15) is 9.59 Å². The van der Waals surface area contributed by atoms with Gasteiger partial charge < -0.3 is 9.14 Å². The van der Waals surface area contributed by atoms with Crippen LogP contribution in [0.3, 0.4) is 0 Å². The standard InChI is InChI=1S/C23H17NO3S2/c1-3-14-28-23-19-18(21(29-23)20(25)15-10-6-5-7-11-15)17(22(26)27-4-2)16-12-8-9-13-24(16)19/h1,5-13H,4,14H2,2H3. The largest absolute Gasteiger partial charge is 0.462 e. The number of hydrogen-bond donors (Lipinski definition) is 0. The SMILES string of the molecule is C#CCSc1sc(C(=O)c2ccccc2)c2c(C(=O)OCC)c3ccccn3c12. The second-order valence-electron chi connectivity index (χ2n) is 6.18. The van der Waals surface area contributed by atoms with Crippen LogP contribution < -0.4 is 0 Å². The summed E-state index contributed by atoms with van der Waals surface area (Å²) in [4.78, 5) is 26.8. The van der Waals surface area contributed by atoms with E-state index in [4.69, 9.17) is 11.2 Å². The molecule has 0 radical (unpaired) electrons. The van der Waals surface area contributed by atoms with Gasteiger partial charge in [-0.1, -0.05) is 42.3 Å². The molecule has 6 heteroatoms. The van der Waals surface area contributed by atoms with Crippen molar-refractivity contribution in [1.29, 1.82) is 0 Å². The van der Waals surface area contributed by atoms with Gasteiger partial charge >= 0.3 is 5.97 Å². The van der Waals surface area contributed by atoms with E-state index in [2.05, 4.69) is 5.92 Å². The Morgan fingerprint density at radius 3 is 2.66 bits per heavy atom. The van der Waals surface area contributed by atoms with Gasteiger partial charge in [0, 0.05) is 17.1 Å². The van der Waals surface area contributed by atoms with Crippen LogP contribution in [0, 0.1) is 12.3 Å². The van der Waals surface area contributed by atoms with E-state index in [1.54, 1.807) is 19.1 Å². The van der Waals surface area contributed by atoms with E-state index in [-0.39, 0.29) is 12.4 Å². The van der Waals surface area contributed by atoms with Gasteiger partial charge in [-0.2, -0.15) is 0 Å². The van der Waals surface area contributed by atoms with E-state index in [0.717, 1.165) is 9.73 Å². The van der Waals surface area contributed by atoms with E-state index >= 15 is 0 Å². The zero-order chi connectivity index (χ0) is 20.4. The number of nitrogens with zero attached hydrogens (tertiary/aromatic N) is 1. The Balaban J connectivity index is 2.07. The van der Waals surface area contributed by atoms with Crippen LogP contribution >= 0.6 is 23.1 Å². The number of hydrogen-bond acceptors (Lipinski definition) is 5. The highest BCUT2D eigenvalue weighted by Gasteiger charge is 2.29. The van der Waals surface area contributed by atoms with Gasteiger partial charge in [-0.15, -0.1) is 29.5 Å². The minimum Gasteiger partial charge on any atom is -0.462 e. The molecule has 4 nitrogen and oxygen atoms in total. The molecule has 4 aromatic rings. The van der Waals surface area contributed by atoms with Crippen LogP contribution in [0.2, 0.25) is 0 Å². The first kappa shape index (κ1) is 19.3. The summed E-state index contributed by atoms with van der Waals surface area (Å²) in [5.41, 5.74) is 2.54. The highest BCUT2D eigenvalue weighted by atomic mass is 32.2. The summed E-state index contributed by atoms with van der Waals surface area (Å²) in [5.74, 6) is 2.56. The van der Waals surface area contributed by atoms with Crippen molar-refractivity contribution in [3.63, 3.8) is 0 Å². The second-order valence-corrected chi connectivity index (χ2v) is 8.45. The van der Waals surface area contributed by atoms with Crippen molar-refractivity contribution in [3.8, 4) is 12.3 Å². The molecule has 0 bridgehead atoms. The summed E-state index contributed by atoms with van der Waals surface area (Å²) in [7, 11) is 0. The fraction of sp³-hybridized carbons (Fsp3) is 0.130. The van der Waals surface area contributed by atoms with Crippen LogP contribution in [-0.2, 0) is 4.74 Å². The van der Waals surface area contributed by atoms with Crippen molar-refractivity contribution in [2.24, 2.45) is 0 Å². The number of ketones is 1. The van der Waals surface area contributed by atoms with Gasteiger partial charge in [0.1, 0.15) is 0 Å². The Kier molecular flexibility index (Phi) is 5.43. The first-order valence-corrected chi connectivity index (χ1v) is 10.9. The molecule has 0 saturated heterocycles. The second kappa shape index (κ2) is 8.16. The molecule has 0 saturated carbocycles. The number of terminal acetylenes is 1. The number of aromatic nitrogens is 1. The fourth-order valence-corrected chi connectivity index (χ4v) is 5.53. The van der Waals surface area contributed by atoms with E-state index in [1.165, 1.54) is 23.1 Å². The van der Waals surface area contributed by atoms with Crippen LogP contribution in [0.5, 0.6) is 0 Å². The van der Waals surface area contributed by atoms with Crippen molar-refractivity contribution < 1.29 is 14.3 Å². The Morgan fingerprint density at radius 1 is 1.17 bits per heavy atom. The predicted molar refractivity (Wildman–Crippen MR) is 118 cm³/mol. The normalized spacial score (nSPS) is 10.9. The van der Waals surface area contributed by atoms with E-state index in [0.29, 0.717) is 32.7 Å². The fourth-order valence-electron chi connectivity index (χ4n) is 3.32. The third kappa shape index (κ3) is 3.33. The molecule has 29 heavy (non-hydrogen) atoms. The number of benzene rings is 1. The molecular weight excluding hydrogens is 402 g/mol. The number of pyridine rings is 1. The first-order valence-electron chi connectivity index (χ1n) is 9.06. The number of thioether (sulfide) groups is 1. The topological polar surface area (TPSA) is 47.8 Å². The van der Waals surface area contributed by atoms with Gasteiger partial charge in [0.2, 0.25) is 5.78 Å². The van der Waals surface area contributed by atoms with Crippen molar-refractivity contribution >= 4 is 51.3 Å². The van der Waals surface area contributed by atoms with Crippen molar-refractivity contribution in [3.05, 3.63) is 70.7 Å². The van der Waals surface area contributed by atoms with Gasteiger partial charge in [-0.3, -0.25) is 4.79 Å². The van der Waals surface area contributed by atoms with Crippen LogP contribution in [0.1, 0.15) is 32.5 Å². The summed E-state index contributed by atoms with van der Waals surface area (Å²) in [6.07, 6.45) is 7.36. The van der Waals surface area contributed by atoms with Gasteiger partial charge in [-0.05, 0) is 19.1 Å². The average Bonchev–Trinajstić information content (AvgIpc) is 3.28. The maximum Gasteiger partial charge on any atom is 0.341 e. The van der Waals surface area contributed by atoms with Crippen LogP contribution in [-0.4, -0.2) is 28.5 Å². The summed E-state index contributed by atoms with van der Waals surface area (Å²) in [6.45, 7) is 2.03. The number of thiophene rings is 1. The van der Waals surface area contributed by atoms with Gasteiger partial charge in [0.05, 0.1) is 38.0 Å². The van der Waals surface area contributed by atoms with Gasteiger partial charge in [0.25, 0.3) is 0 Å². The quantitative estimate of drug-likeness (QED) is 0.184. The molecule has 3 heterocycles. The molecule has 0 aliphatic rings. The van der Waals surface area contributed by atoms with Crippen molar-refractivity contribution in [1.82, 2.24) is 4.40 Å². The lowest BCUT2D eigenvalue weighted by Gasteiger charge is -2.03. The van der Waals surface area contributed by atoms with Crippen LogP contribution in [0.25, 0.3) is 16.4 Å². The molecular formula is C23H17NO3S2. The molecule has 0 aliphatic heterocycles. The summed E-state index contributed by atoms with van der Waals surface area (Å²) in [6, 6.07) is 14.7. The average molecular weight is 420 g/mol. The van der Waals surface area contributed by atoms with Crippen molar-refractivity contribution in [2.45, 2.75) is 11.1 Å². The number of fused-ring (bicyclic) bond motifs is 3. The number of esters is 1. The molecule has 0 atom stereocenters. The van der Waals surface area contributed by atoms with Crippen LogP contribution in [0.15, 0.2) is 58.9 Å². The third-order valence-electron chi connectivity index (χ3n) is 4.47. The molecule has 0 amide bonds. The van der Waals surface area contributed by atoms with Gasteiger partial charge in [-0.25, -0.2) is 4.79 Å². The van der Waals surface area contributed by atoms with E-state index < -0.39 is 5.97 Å². The Labute approximate surface area is 176 Å². The number of carbonyl (C=O) groups is 2. The zero-order valence-corrected chi connectivity index (χ0v) is 17.3. The monoisotopic (exact) mass is 419 g/mol. The minimum atomic E-state index is -0.431.